The van der Waals surface area contributed by atoms with E-state index in [-0.39, 0.29) is 11.8 Å². The third kappa shape index (κ3) is 5.21. The Morgan fingerprint density at radius 1 is 0.438 bits per heavy atom. The zero-order valence-corrected chi connectivity index (χ0v) is 25.9. The fourth-order valence-electron chi connectivity index (χ4n) is 6.32. The highest BCUT2D eigenvalue weighted by molar-refractivity contribution is 6.30. The number of hydrogen-bond acceptors (Lipinski definition) is 4. The van der Waals surface area contributed by atoms with Crippen molar-refractivity contribution >= 4 is 45.7 Å². The number of nitrogens with one attached hydrogen (secondary N) is 1. The van der Waals surface area contributed by atoms with E-state index < -0.39 is 0 Å². The van der Waals surface area contributed by atoms with Gasteiger partial charge in [-0.05, 0) is 78.4 Å². The van der Waals surface area contributed by atoms with Crippen molar-refractivity contribution in [2.45, 2.75) is 0 Å². The Kier molecular flexibility index (Phi) is 7.36. The number of rotatable bonds is 8. The van der Waals surface area contributed by atoms with Crippen LogP contribution in [-0.4, -0.2) is 21.7 Å². The van der Waals surface area contributed by atoms with E-state index in [9.17, 15) is 9.90 Å². The first-order chi connectivity index (χ1) is 23.7. The summed E-state index contributed by atoms with van der Waals surface area (Å²) in [5.74, 6) is -0.465. The normalized spacial score (nSPS) is 12.0. The number of aromatic amines is 1. The van der Waals surface area contributed by atoms with Crippen LogP contribution in [0.25, 0.3) is 11.3 Å². The number of aliphatic imine (C=N–C) groups is 1. The average Bonchev–Trinajstić information content (AvgIpc) is 3.68. The number of anilines is 6. The number of amides is 1. The van der Waals surface area contributed by atoms with Crippen LogP contribution in [0.2, 0.25) is 0 Å². The number of aromatic nitrogens is 1. The third-order valence-corrected chi connectivity index (χ3v) is 8.51. The molecule has 0 fully saturated rings. The minimum absolute atomic E-state index is 0.0804. The van der Waals surface area contributed by atoms with Gasteiger partial charge in [-0.2, -0.15) is 0 Å². The van der Waals surface area contributed by atoms with Crippen molar-refractivity contribution in [3.05, 3.63) is 187 Å². The maximum absolute atomic E-state index is 13.4. The first-order valence-corrected chi connectivity index (χ1v) is 15.8. The Bertz CT molecular complexity index is 2150. The first-order valence-electron chi connectivity index (χ1n) is 15.8. The number of carbonyl (C=O) groups is 1. The van der Waals surface area contributed by atoms with Crippen LogP contribution in [0.1, 0.15) is 21.5 Å². The maximum atomic E-state index is 13.4. The van der Waals surface area contributed by atoms with E-state index in [1.54, 1.807) is 0 Å². The van der Waals surface area contributed by atoms with Crippen LogP contribution in [0, 0.1) is 0 Å². The van der Waals surface area contributed by atoms with Gasteiger partial charge >= 0.3 is 0 Å². The topological polar surface area (TPSA) is 71.9 Å². The summed E-state index contributed by atoms with van der Waals surface area (Å²) in [5.41, 5.74) is 9.35. The molecule has 6 nitrogen and oxygen atoms in total. The van der Waals surface area contributed by atoms with Gasteiger partial charge in [-0.1, -0.05) is 97.1 Å². The van der Waals surface area contributed by atoms with E-state index in [0.29, 0.717) is 22.5 Å². The second kappa shape index (κ2) is 12.3. The van der Waals surface area contributed by atoms with E-state index in [4.69, 9.17) is 0 Å². The molecule has 0 aliphatic carbocycles. The molecule has 8 rings (SSSR count). The van der Waals surface area contributed by atoms with Crippen molar-refractivity contribution in [3.8, 4) is 17.1 Å². The minimum Gasteiger partial charge on any atom is -0.494 e. The predicted octanol–water partition coefficient (Wildman–Crippen LogP) is 10.3. The number of H-pyrrole nitrogens is 1. The molecule has 1 aliphatic heterocycles. The molecular weight excluding hydrogens is 592 g/mol. The minimum atomic E-state index is -0.384. The molecule has 0 saturated carbocycles. The highest BCUT2D eigenvalue weighted by Gasteiger charge is 2.33. The summed E-state index contributed by atoms with van der Waals surface area (Å²) in [7, 11) is 0. The molecule has 48 heavy (non-hydrogen) atoms. The molecule has 1 aromatic heterocycles. The number of aromatic hydroxyl groups is 1. The van der Waals surface area contributed by atoms with Crippen molar-refractivity contribution in [1.82, 2.24) is 4.98 Å². The third-order valence-electron chi connectivity index (χ3n) is 8.51. The van der Waals surface area contributed by atoms with Crippen LogP contribution >= 0.6 is 0 Å². The standard InChI is InChI=1S/C42H30N4O2/c47-41-37-38(40(44-41)30-23-27-36(28-24-30)46(33-17-9-3-10-18-33)34-19-11-4-12-20-34)42(48)43-39(37)29-21-25-35(26-22-29)45(31-13-5-1-6-14-31)32-15-7-2-8-16-32/h1-28,43,48H. The number of para-hydroxylation sites is 4. The Balaban J connectivity index is 1.11. The van der Waals surface area contributed by atoms with Gasteiger partial charge in [0.25, 0.3) is 5.91 Å². The zero-order chi connectivity index (χ0) is 32.5. The Morgan fingerprint density at radius 3 is 1.19 bits per heavy atom. The summed E-state index contributed by atoms with van der Waals surface area (Å²) in [5, 5.41) is 11.1. The predicted molar refractivity (Wildman–Crippen MR) is 194 cm³/mol. The van der Waals surface area contributed by atoms with Crippen LogP contribution in [0.5, 0.6) is 5.88 Å². The summed E-state index contributed by atoms with van der Waals surface area (Å²) in [6.45, 7) is 0. The van der Waals surface area contributed by atoms with E-state index in [2.05, 4.69) is 68.3 Å². The second-order valence-electron chi connectivity index (χ2n) is 11.5. The van der Waals surface area contributed by atoms with E-state index >= 15 is 0 Å². The molecule has 1 aliphatic rings. The highest BCUT2D eigenvalue weighted by Crippen LogP contribution is 2.41. The Morgan fingerprint density at radius 2 is 0.792 bits per heavy atom. The maximum Gasteiger partial charge on any atom is 0.280 e. The molecule has 2 heterocycles. The molecule has 0 saturated heterocycles. The summed E-state index contributed by atoms with van der Waals surface area (Å²) < 4.78 is 0. The summed E-state index contributed by atoms with van der Waals surface area (Å²) in [6, 6.07) is 56.6. The number of carbonyl (C=O) groups excluding carboxylic acids is 1. The molecule has 2 N–H and O–H groups in total. The molecule has 230 valence electrons. The SMILES string of the molecule is O=C1N=C(c2ccc(N(c3ccccc3)c3ccccc3)cc2)c2c(O)[nH]c(-c3ccc(N(c4ccccc4)c4ccccc4)cc3)c21. The molecule has 0 radical (unpaired) electrons. The van der Waals surface area contributed by atoms with Crippen LogP contribution in [0.4, 0.5) is 34.1 Å². The molecular formula is C42H30N4O2. The Hall–Kier alpha value is -6.66. The van der Waals surface area contributed by atoms with Gasteiger partial charge in [0.05, 0.1) is 22.5 Å². The zero-order valence-electron chi connectivity index (χ0n) is 25.9. The van der Waals surface area contributed by atoms with Crippen LogP contribution < -0.4 is 9.80 Å². The van der Waals surface area contributed by atoms with Crippen LogP contribution in [0.3, 0.4) is 0 Å². The summed E-state index contributed by atoms with van der Waals surface area (Å²) in [6.07, 6.45) is 0. The van der Waals surface area contributed by atoms with Gasteiger partial charge in [0.1, 0.15) is 0 Å². The monoisotopic (exact) mass is 622 g/mol. The van der Waals surface area contributed by atoms with Crippen molar-refractivity contribution < 1.29 is 9.90 Å². The average molecular weight is 623 g/mol. The fourth-order valence-corrected chi connectivity index (χ4v) is 6.32. The van der Waals surface area contributed by atoms with Gasteiger partial charge in [0.2, 0.25) is 0 Å². The first kappa shape index (κ1) is 28.8. The number of nitrogens with zero attached hydrogens (tertiary/aromatic N) is 3. The molecule has 6 heteroatoms. The lowest BCUT2D eigenvalue weighted by atomic mass is 9.99. The molecule has 1 amide bonds. The summed E-state index contributed by atoms with van der Waals surface area (Å²) in [4.78, 5) is 25.3. The number of benzene rings is 6. The van der Waals surface area contributed by atoms with E-state index in [0.717, 1.165) is 45.3 Å². The lowest BCUT2D eigenvalue weighted by Gasteiger charge is -2.25. The van der Waals surface area contributed by atoms with Crippen LogP contribution in [-0.2, 0) is 0 Å². The number of fused-ring (bicyclic) bond motifs is 1. The second-order valence-corrected chi connectivity index (χ2v) is 11.5. The van der Waals surface area contributed by atoms with Gasteiger partial charge in [-0.3, -0.25) is 4.79 Å². The summed E-state index contributed by atoms with van der Waals surface area (Å²) >= 11 is 0. The smallest absolute Gasteiger partial charge is 0.280 e. The fraction of sp³-hybridized carbons (Fsp3) is 0. The van der Waals surface area contributed by atoms with E-state index in [1.807, 2.05) is 121 Å². The van der Waals surface area contributed by atoms with Gasteiger partial charge in [-0.15, -0.1) is 0 Å². The van der Waals surface area contributed by atoms with Crippen LogP contribution in [0.15, 0.2) is 175 Å². The molecule has 0 bridgehead atoms. The van der Waals surface area contributed by atoms with Crippen molar-refractivity contribution in [2.24, 2.45) is 4.99 Å². The van der Waals surface area contributed by atoms with Crippen molar-refractivity contribution in [1.29, 1.82) is 0 Å². The lowest BCUT2D eigenvalue weighted by Crippen LogP contribution is -2.10. The van der Waals surface area contributed by atoms with Crippen molar-refractivity contribution in [3.63, 3.8) is 0 Å². The van der Waals surface area contributed by atoms with Gasteiger partial charge in [0, 0.05) is 39.7 Å². The molecule has 0 atom stereocenters. The highest BCUT2D eigenvalue weighted by atomic mass is 16.3. The largest absolute Gasteiger partial charge is 0.494 e. The molecule has 0 spiro atoms. The lowest BCUT2D eigenvalue weighted by molar-refractivity contribution is 0.101. The number of hydrogen-bond donors (Lipinski definition) is 2. The molecule has 7 aromatic rings. The Labute approximate surface area is 278 Å². The molecule has 6 aromatic carbocycles. The van der Waals surface area contributed by atoms with E-state index in [1.165, 1.54) is 0 Å². The van der Waals surface area contributed by atoms with Crippen molar-refractivity contribution in [2.75, 3.05) is 9.80 Å². The van der Waals surface area contributed by atoms with Gasteiger partial charge in [0.15, 0.2) is 5.88 Å². The van der Waals surface area contributed by atoms with Gasteiger partial charge < -0.3 is 19.9 Å². The van der Waals surface area contributed by atoms with Gasteiger partial charge in [-0.25, -0.2) is 4.99 Å². The molecule has 0 unspecified atom stereocenters. The quantitative estimate of drug-likeness (QED) is 0.177.